The second-order valence-electron chi connectivity index (χ2n) is 6.90. The lowest BCUT2D eigenvalue weighted by atomic mass is 10.1. The number of benzene rings is 1. The Labute approximate surface area is 159 Å². The van der Waals surface area contributed by atoms with Crippen LogP contribution >= 0.6 is 11.6 Å². The summed E-state index contributed by atoms with van der Waals surface area (Å²) < 4.78 is 30.8. The van der Waals surface area contributed by atoms with Gasteiger partial charge in [-0.05, 0) is 31.4 Å². The standard InChI is InChI=1S/C18H21ClF2N4O2/c1-10-6-13(20)12(16(19)17(10)21)9-25-14(7-15(26)23(2)18(25)27)24-5-3-4-11(22)8-24/h6-7,11H,3-5,8-9,22H2,1-2H3/t11-/m1/s1. The molecule has 0 aliphatic carbocycles. The predicted octanol–water partition coefficient (Wildman–Crippen LogP) is 1.76. The predicted molar refractivity (Wildman–Crippen MR) is 101 cm³/mol. The summed E-state index contributed by atoms with van der Waals surface area (Å²) >= 11 is 6.01. The molecule has 0 radical (unpaired) electrons. The van der Waals surface area contributed by atoms with Gasteiger partial charge < -0.3 is 10.6 Å². The van der Waals surface area contributed by atoms with E-state index in [2.05, 4.69) is 0 Å². The third kappa shape index (κ3) is 3.64. The van der Waals surface area contributed by atoms with Crippen LogP contribution in [0.3, 0.4) is 0 Å². The van der Waals surface area contributed by atoms with Gasteiger partial charge in [0.25, 0.3) is 5.56 Å². The van der Waals surface area contributed by atoms with Gasteiger partial charge in [0, 0.05) is 37.8 Å². The van der Waals surface area contributed by atoms with Crippen molar-refractivity contribution in [3.05, 3.63) is 60.8 Å². The Hall–Kier alpha value is -2.19. The van der Waals surface area contributed by atoms with Crippen molar-refractivity contribution in [1.82, 2.24) is 9.13 Å². The zero-order valence-corrected chi connectivity index (χ0v) is 15.9. The molecule has 1 aliphatic heterocycles. The van der Waals surface area contributed by atoms with Crippen LogP contribution in [-0.2, 0) is 13.6 Å². The highest BCUT2D eigenvalue weighted by Crippen LogP contribution is 2.27. The molecule has 1 saturated heterocycles. The molecule has 1 aliphatic rings. The van der Waals surface area contributed by atoms with Gasteiger partial charge in [0.05, 0.1) is 11.6 Å². The number of nitrogens with two attached hydrogens (primary N) is 1. The lowest BCUT2D eigenvalue weighted by molar-refractivity contribution is 0.489. The Morgan fingerprint density at radius 3 is 2.67 bits per heavy atom. The van der Waals surface area contributed by atoms with E-state index in [9.17, 15) is 18.4 Å². The van der Waals surface area contributed by atoms with Crippen molar-refractivity contribution in [3.8, 4) is 0 Å². The third-order valence-corrected chi connectivity index (χ3v) is 5.31. The lowest BCUT2D eigenvalue weighted by Gasteiger charge is -2.34. The Morgan fingerprint density at radius 2 is 2.00 bits per heavy atom. The van der Waals surface area contributed by atoms with Gasteiger partial charge in [0.15, 0.2) is 0 Å². The van der Waals surface area contributed by atoms with Crippen LogP contribution in [-0.4, -0.2) is 28.3 Å². The first-order valence-corrected chi connectivity index (χ1v) is 9.03. The molecule has 0 unspecified atom stereocenters. The molecule has 9 heteroatoms. The van der Waals surface area contributed by atoms with E-state index >= 15 is 0 Å². The average molecular weight is 399 g/mol. The second-order valence-corrected chi connectivity index (χ2v) is 7.28. The fourth-order valence-corrected chi connectivity index (χ4v) is 3.64. The zero-order chi connectivity index (χ0) is 19.9. The van der Waals surface area contributed by atoms with E-state index in [0.717, 1.165) is 23.5 Å². The lowest BCUT2D eigenvalue weighted by Crippen LogP contribution is -2.47. The fourth-order valence-electron chi connectivity index (χ4n) is 3.34. The molecule has 27 heavy (non-hydrogen) atoms. The fraction of sp³-hybridized carbons (Fsp3) is 0.444. The number of aromatic nitrogens is 2. The van der Waals surface area contributed by atoms with Crippen LogP contribution in [0, 0.1) is 18.6 Å². The number of aryl methyl sites for hydroxylation is 1. The molecule has 6 nitrogen and oxygen atoms in total. The van der Waals surface area contributed by atoms with Gasteiger partial charge in [-0.2, -0.15) is 0 Å². The largest absolute Gasteiger partial charge is 0.356 e. The van der Waals surface area contributed by atoms with Gasteiger partial charge in [-0.15, -0.1) is 0 Å². The highest BCUT2D eigenvalue weighted by atomic mass is 35.5. The molecule has 0 bridgehead atoms. The van der Waals surface area contributed by atoms with E-state index in [4.69, 9.17) is 17.3 Å². The average Bonchev–Trinajstić information content (AvgIpc) is 2.62. The molecule has 2 heterocycles. The van der Waals surface area contributed by atoms with Gasteiger partial charge in [-0.3, -0.25) is 13.9 Å². The highest BCUT2D eigenvalue weighted by Gasteiger charge is 2.23. The molecule has 3 rings (SSSR count). The van der Waals surface area contributed by atoms with Gasteiger partial charge in [-0.25, -0.2) is 13.6 Å². The summed E-state index contributed by atoms with van der Waals surface area (Å²) in [5.74, 6) is -1.11. The van der Waals surface area contributed by atoms with Crippen LogP contribution in [0.1, 0.15) is 24.0 Å². The molecule has 2 aromatic rings. The summed E-state index contributed by atoms with van der Waals surface area (Å²) in [6, 6.07) is 2.26. The number of hydrogen-bond acceptors (Lipinski definition) is 4. The van der Waals surface area contributed by atoms with Gasteiger partial charge in [0.1, 0.15) is 17.5 Å². The molecule has 2 N–H and O–H groups in total. The van der Waals surface area contributed by atoms with E-state index < -0.39 is 22.9 Å². The minimum atomic E-state index is -0.729. The summed E-state index contributed by atoms with van der Waals surface area (Å²) in [6.07, 6.45) is 1.65. The van der Waals surface area contributed by atoms with Crippen molar-refractivity contribution in [3.63, 3.8) is 0 Å². The SMILES string of the molecule is Cc1cc(F)c(Cn2c(N3CCC[C@@H](N)C3)cc(=O)n(C)c2=O)c(Cl)c1F. The van der Waals surface area contributed by atoms with E-state index in [1.54, 1.807) is 0 Å². The Morgan fingerprint density at radius 1 is 1.30 bits per heavy atom. The van der Waals surface area contributed by atoms with Crippen LogP contribution in [0.4, 0.5) is 14.6 Å². The maximum atomic E-state index is 14.5. The topological polar surface area (TPSA) is 73.3 Å². The zero-order valence-electron chi connectivity index (χ0n) is 15.1. The number of nitrogens with zero attached hydrogens (tertiary/aromatic N) is 3. The highest BCUT2D eigenvalue weighted by molar-refractivity contribution is 6.31. The summed E-state index contributed by atoms with van der Waals surface area (Å²) in [7, 11) is 1.33. The van der Waals surface area contributed by atoms with Crippen LogP contribution in [0.2, 0.25) is 5.02 Å². The van der Waals surface area contributed by atoms with E-state index in [1.807, 2.05) is 4.90 Å². The molecule has 0 spiro atoms. The van der Waals surface area contributed by atoms with Crippen molar-refractivity contribution in [2.24, 2.45) is 12.8 Å². The minimum Gasteiger partial charge on any atom is -0.356 e. The Balaban J connectivity index is 2.16. The molecule has 0 saturated carbocycles. The van der Waals surface area contributed by atoms with Gasteiger partial charge in [-0.1, -0.05) is 11.6 Å². The number of hydrogen-bond donors (Lipinski definition) is 1. The summed E-state index contributed by atoms with van der Waals surface area (Å²) in [6.45, 7) is 2.19. The monoisotopic (exact) mass is 398 g/mol. The maximum Gasteiger partial charge on any atom is 0.332 e. The smallest absolute Gasteiger partial charge is 0.332 e. The number of anilines is 1. The third-order valence-electron chi connectivity index (χ3n) is 4.91. The Bertz CT molecular complexity index is 1000. The van der Waals surface area contributed by atoms with E-state index in [0.29, 0.717) is 18.9 Å². The molecular weight excluding hydrogens is 378 g/mol. The van der Waals surface area contributed by atoms with Crippen LogP contribution in [0.25, 0.3) is 0 Å². The molecule has 1 fully saturated rings. The molecule has 1 atom stereocenters. The van der Waals surface area contributed by atoms with Crippen molar-refractivity contribution in [1.29, 1.82) is 0 Å². The molecular formula is C18H21ClF2N4O2. The molecule has 0 amide bonds. The molecule has 146 valence electrons. The van der Waals surface area contributed by atoms with Crippen molar-refractivity contribution >= 4 is 17.4 Å². The first kappa shape index (κ1) is 19.6. The van der Waals surface area contributed by atoms with Crippen LogP contribution in [0.5, 0.6) is 0 Å². The first-order valence-electron chi connectivity index (χ1n) is 8.65. The van der Waals surface area contributed by atoms with Crippen molar-refractivity contribution < 1.29 is 8.78 Å². The minimum absolute atomic E-state index is 0.0799. The Kier molecular flexibility index (Phi) is 5.39. The van der Waals surface area contributed by atoms with E-state index in [1.165, 1.54) is 24.6 Å². The first-order chi connectivity index (χ1) is 12.7. The number of piperidine rings is 1. The quantitative estimate of drug-likeness (QED) is 0.800. The number of rotatable bonds is 3. The second kappa shape index (κ2) is 7.44. The van der Waals surface area contributed by atoms with Crippen molar-refractivity contribution in [2.75, 3.05) is 18.0 Å². The van der Waals surface area contributed by atoms with Crippen molar-refractivity contribution in [2.45, 2.75) is 32.4 Å². The van der Waals surface area contributed by atoms with Gasteiger partial charge >= 0.3 is 5.69 Å². The summed E-state index contributed by atoms with van der Waals surface area (Å²) in [5, 5.41) is -0.366. The maximum absolute atomic E-state index is 14.5. The summed E-state index contributed by atoms with van der Waals surface area (Å²) in [4.78, 5) is 26.7. The molecule has 1 aromatic heterocycles. The van der Waals surface area contributed by atoms with Gasteiger partial charge in [0.2, 0.25) is 0 Å². The van der Waals surface area contributed by atoms with E-state index in [-0.39, 0.29) is 28.7 Å². The molecule has 1 aromatic carbocycles. The number of halogens is 3. The van der Waals surface area contributed by atoms with Crippen LogP contribution < -0.4 is 21.9 Å². The van der Waals surface area contributed by atoms with Crippen LogP contribution in [0.15, 0.2) is 21.7 Å². The normalized spacial score (nSPS) is 17.4. The summed E-state index contributed by atoms with van der Waals surface area (Å²) in [5.41, 5.74) is 4.85.